The number of amides is 4. The maximum atomic E-state index is 13.0. The second-order valence-electron chi connectivity index (χ2n) is 8.41. The molecule has 1 saturated heterocycles. The summed E-state index contributed by atoms with van der Waals surface area (Å²) in [6, 6.07) is 23.2. The fourth-order valence-electron chi connectivity index (χ4n) is 3.76. The van der Waals surface area contributed by atoms with Gasteiger partial charge in [0, 0.05) is 21.1 Å². The number of anilines is 1. The normalized spacial score (nSPS) is 14.4. The largest absolute Gasteiger partial charge is 0.483 e. The van der Waals surface area contributed by atoms with Crippen molar-refractivity contribution >= 4 is 17.7 Å². The van der Waals surface area contributed by atoms with Crippen LogP contribution >= 0.6 is 0 Å². The third-order valence-corrected chi connectivity index (χ3v) is 5.68. The maximum absolute atomic E-state index is 13.0. The predicted octanol–water partition coefficient (Wildman–Crippen LogP) is 4.99. The number of benzene rings is 3. The fraction of sp³-hybridized carbons (Fsp3) is 0.231. The molecule has 3 aromatic carbocycles. The summed E-state index contributed by atoms with van der Waals surface area (Å²) in [6.45, 7) is 3.88. The van der Waals surface area contributed by atoms with Gasteiger partial charge in [-0.15, -0.1) is 10.7 Å². The van der Waals surface area contributed by atoms with Crippen molar-refractivity contribution in [3.8, 4) is 16.9 Å². The van der Waals surface area contributed by atoms with Crippen molar-refractivity contribution < 1.29 is 14.3 Å². The number of urea groups is 2. The molecule has 1 fully saturated rings. The van der Waals surface area contributed by atoms with Crippen LogP contribution in [0.1, 0.15) is 24.2 Å². The smallest absolute Gasteiger partial charge is 0.360 e. The van der Waals surface area contributed by atoms with Crippen LogP contribution in [0.25, 0.3) is 11.1 Å². The van der Waals surface area contributed by atoms with E-state index in [4.69, 9.17) is 4.74 Å². The zero-order chi connectivity index (χ0) is 24.4. The molecule has 176 valence electrons. The van der Waals surface area contributed by atoms with Crippen LogP contribution in [0.5, 0.6) is 5.75 Å². The van der Waals surface area contributed by atoms with Gasteiger partial charge >= 0.3 is 12.1 Å². The van der Waals surface area contributed by atoms with Crippen LogP contribution in [-0.2, 0) is 0 Å². The van der Waals surface area contributed by atoms with Gasteiger partial charge in [0.15, 0.2) is 0 Å². The number of para-hydroxylation sites is 1. The van der Waals surface area contributed by atoms with Crippen LogP contribution in [0.3, 0.4) is 0 Å². The van der Waals surface area contributed by atoms with Crippen molar-refractivity contribution in [1.29, 1.82) is 0 Å². The van der Waals surface area contributed by atoms with Crippen molar-refractivity contribution in [2.75, 3.05) is 26.2 Å². The van der Waals surface area contributed by atoms with Crippen molar-refractivity contribution in [1.82, 2.24) is 20.6 Å². The lowest BCUT2D eigenvalue weighted by molar-refractivity contribution is 0.124. The van der Waals surface area contributed by atoms with Gasteiger partial charge in [0.2, 0.25) is 0 Å². The van der Waals surface area contributed by atoms with E-state index < -0.39 is 12.1 Å². The molecule has 1 unspecified atom stereocenters. The topological polar surface area (TPSA) is 68.4 Å². The van der Waals surface area contributed by atoms with Crippen molar-refractivity contribution in [2.45, 2.75) is 20.0 Å². The number of hydrazine groups is 3. The third kappa shape index (κ3) is 4.40. The van der Waals surface area contributed by atoms with E-state index in [2.05, 4.69) is 29.8 Å². The minimum atomic E-state index is -0.398. The molecule has 0 aliphatic carbocycles. The number of hydrogen-bond donors (Lipinski definition) is 1. The Hall–Kier alpha value is -4.04. The number of carbonyl (C=O) groups is 2. The minimum Gasteiger partial charge on any atom is -0.483 e. The van der Waals surface area contributed by atoms with Gasteiger partial charge in [0.05, 0.1) is 0 Å². The van der Waals surface area contributed by atoms with E-state index in [9.17, 15) is 9.59 Å². The number of aryl methyl sites for hydroxylation is 1. The molecular weight excluding hydrogens is 430 g/mol. The molecule has 1 aliphatic heterocycles. The Kier molecular flexibility index (Phi) is 6.43. The van der Waals surface area contributed by atoms with E-state index in [-0.39, 0.29) is 6.10 Å². The average molecular weight is 460 g/mol. The molecule has 1 atom stereocenters. The lowest BCUT2D eigenvalue weighted by Gasteiger charge is -2.29. The average Bonchev–Trinajstić information content (AvgIpc) is 3.14. The summed E-state index contributed by atoms with van der Waals surface area (Å²) in [4.78, 5) is 27.1. The molecule has 0 spiro atoms. The third-order valence-electron chi connectivity index (χ3n) is 5.68. The maximum Gasteiger partial charge on any atom is 0.360 e. The highest BCUT2D eigenvalue weighted by Crippen LogP contribution is 2.37. The zero-order valence-corrected chi connectivity index (χ0v) is 20.0. The monoisotopic (exact) mass is 459 g/mol. The Morgan fingerprint density at radius 3 is 2.24 bits per heavy atom. The second-order valence-corrected chi connectivity index (χ2v) is 8.41. The van der Waals surface area contributed by atoms with Crippen LogP contribution in [0, 0.1) is 6.92 Å². The first kappa shape index (κ1) is 23.1. The summed E-state index contributed by atoms with van der Waals surface area (Å²) < 4.78 is 6.40. The fourth-order valence-corrected chi connectivity index (χ4v) is 3.76. The minimum absolute atomic E-state index is 0.286. The van der Waals surface area contributed by atoms with Gasteiger partial charge in [-0.1, -0.05) is 66.7 Å². The lowest BCUT2D eigenvalue weighted by atomic mass is 10.0. The first-order valence-electron chi connectivity index (χ1n) is 11.0. The molecule has 1 N–H and O–H groups in total. The summed E-state index contributed by atoms with van der Waals surface area (Å²) in [5, 5.41) is 3.71. The van der Waals surface area contributed by atoms with Gasteiger partial charge in [-0.2, -0.15) is 5.01 Å². The van der Waals surface area contributed by atoms with Crippen LogP contribution in [0.2, 0.25) is 0 Å². The molecule has 4 rings (SSSR count). The summed E-state index contributed by atoms with van der Waals surface area (Å²) in [5.74, 6) is 0.532. The van der Waals surface area contributed by atoms with E-state index in [1.54, 1.807) is 27.2 Å². The molecule has 8 heteroatoms. The number of rotatable bonds is 5. The highest BCUT2D eigenvalue weighted by atomic mass is 16.5. The number of ether oxygens (including phenoxy) is 1. The molecule has 3 aromatic rings. The number of carbonyl (C=O) groups excluding carboxylic acids is 2. The van der Waals surface area contributed by atoms with Gasteiger partial charge in [-0.3, -0.25) is 0 Å². The summed E-state index contributed by atoms with van der Waals surface area (Å²) in [6.07, 6.45) is -0.286. The van der Waals surface area contributed by atoms with Gasteiger partial charge in [-0.25, -0.2) is 14.6 Å². The molecule has 8 nitrogen and oxygen atoms in total. The van der Waals surface area contributed by atoms with E-state index in [1.165, 1.54) is 20.0 Å². The molecule has 0 saturated carbocycles. The Bertz CT molecular complexity index is 1180. The van der Waals surface area contributed by atoms with E-state index in [0.717, 1.165) is 22.3 Å². The molecule has 1 heterocycles. The summed E-state index contributed by atoms with van der Waals surface area (Å²) in [7, 11) is 4.81. The second kappa shape index (κ2) is 9.44. The first-order chi connectivity index (χ1) is 16.3. The highest BCUT2D eigenvalue weighted by Gasteiger charge is 2.40. The molecule has 34 heavy (non-hydrogen) atoms. The van der Waals surface area contributed by atoms with Gasteiger partial charge in [0.25, 0.3) is 0 Å². The Morgan fingerprint density at radius 1 is 0.941 bits per heavy atom. The quantitative estimate of drug-likeness (QED) is 0.584. The Balaban J connectivity index is 1.63. The highest BCUT2D eigenvalue weighted by molar-refractivity contribution is 5.98. The number of hydrogen-bond acceptors (Lipinski definition) is 4. The summed E-state index contributed by atoms with van der Waals surface area (Å²) >= 11 is 0. The van der Waals surface area contributed by atoms with Crippen molar-refractivity contribution in [3.05, 3.63) is 83.9 Å². The molecule has 0 bridgehead atoms. The SMILES string of the molecule is Cc1cccc(N2C(=O)N(C)NN2C(=O)N(C)C)c1OC(C)c1ccc(-c2ccccc2)cc1. The van der Waals surface area contributed by atoms with Crippen LogP contribution in [0.15, 0.2) is 72.8 Å². The molecule has 0 aromatic heterocycles. The molecule has 4 amide bonds. The van der Waals surface area contributed by atoms with Crippen molar-refractivity contribution in [2.24, 2.45) is 0 Å². The Labute approximate surface area is 199 Å². The van der Waals surface area contributed by atoms with E-state index in [1.807, 2.05) is 56.3 Å². The number of nitrogens with one attached hydrogen (secondary N) is 1. The van der Waals surface area contributed by atoms with Crippen LogP contribution < -0.4 is 15.3 Å². The van der Waals surface area contributed by atoms with Crippen LogP contribution in [0.4, 0.5) is 15.3 Å². The molecule has 1 aliphatic rings. The predicted molar refractivity (Wildman–Crippen MR) is 132 cm³/mol. The standard InChI is InChI=1S/C26H29N5O3/c1-18-10-9-13-23(30-26(33)29(5)27-31(30)25(32)28(3)4)24(18)34-19(2)20-14-16-22(17-15-20)21-11-7-6-8-12-21/h6-17,19,27H,1-5H3. The zero-order valence-electron chi connectivity index (χ0n) is 20.0. The summed E-state index contributed by atoms with van der Waals surface area (Å²) in [5.41, 5.74) is 7.39. The Morgan fingerprint density at radius 2 is 1.59 bits per heavy atom. The number of nitrogens with zero attached hydrogens (tertiary/aromatic N) is 4. The van der Waals surface area contributed by atoms with Gasteiger partial charge in [0.1, 0.15) is 17.5 Å². The first-order valence-corrected chi connectivity index (χ1v) is 11.0. The molecular formula is C26H29N5O3. The van der Waals surface area contributed by atoms with Crippen LogP contribution in [-0.4, -0.2) is 48.2 Å². The molecule has 0 radical (unpaired) electrons. The van der Waals surface area contributed by atoms with E-state index >= 15 is 0 Å². The lowest BCUT2D eigenvalue weighted by Crippen LogP contribution is -2.52. The van der Waals surface area contributed by atoms with E-state index in [0.29, 0.717) is 11.4 Å². The van der Waals surface area contributed by atoms with Gasteiger partial charge < -0.3 is 9.64 Å². The van der Waals surface area contributed by atoms with Crippen molar-refractivity contribution in [3.63, 3.8) is 0 Å². The van der Waals surface area contributed by atoms with Gasteiger partial charge in [-0.05, 0) is 42.2 Å².